The van der Waals surface area contributed by atoms with Gasteiger partial charge >= 0.3 is 5.97 Å². The highest BCUT2D eigenvalue weighted by molar-refractivity contribution is 7.18. The molecule has 37 heavy (non-hydrogen) atoms. The van der Waals surface area contributed by atoms with Crippen LogP contribution >= 0.6 is 11.3 Å². The quantitative estimate of drug-likeness (QED) is 0.394. The Morgan fingerprint density at radius 3 is 2.41 bits per heavy atom. The van der Waals surface area contributed by atoms with Gasteiger partial charge in [0.1, 0.15) is 4.88 Å². The molecule has 192 valence electrons. The molecule has 3 aromatic rings. The monoisotopic (exact) mass is 518 g/mol. The molecular formula is C28H30N4O4S. The number of carboxylic acid groups (broad SMARTS) is 1. The molecule has 0 radical (unpaired) electrons. The number of carboxylic acids is 1. The van der Waals surface area contributed by atoms with E-state index in [9.17, 15) is 19.5 Å². The number of amides is 2. The second kappa shape index (κ2) is 10.8. The van der Waals surface area contributed by atoms with Gasteiger partial charge in [0.15, 0.2) is 5.69 Å². The Balaban J connectivity index is 1.39. The van der Waals surface area contributed by atoms with Crippen molar-refractivity contribution in [2.45, 2.75) is 45.4 Å². The van der Waals surface area contributed by atoms with Crippen molar-refractivity contribution in [3.63, 3.8) is 0 Å². The first-order valence-electron chi connectivity index (χ1n) is 12.8. The van der Waals surface area contributed by atoms with Gasteiger partial charge in [0.25, 0.3) is 5.91 Å². The van der Waals surface area contributed by atoms with Crippen molar-refractivity contribution < 1.29 is 19.5 Å². The van der Waals surface area contributed by atoms with E-state index in [1.165, 1.54) is 17.5 Å². The van der Waals surface area contributed by atoms with E-state index < -0.39 is 5.97 Å². The van der Waals surface area contributed by atoms with E-state index in [1.54, 1.807) is 29.2 Å². The molecule has 8 nitrogen and oxygen atoms in total. The van der Waals surface area contributed by atoms with Crippen molar-refractivity contribution in [3.8, 4) is 10.4 Å². The van der Waals surface area contributed by atoms with Gasteiger partial charge in [-0.15, -0.1) is 16.4 Å². The third-order valence-corrected chi connectivity index (χ3v) is 8.36. The summed E-state index contributed by atoms with van der Waals surface area (Å²) in [5.74, 6) is -0.293. The molecule has 0 atom stereocenters. The normalized spacial score (nSPS) is 19.3. The van der Waals surface area contributed by atoms with Gasteiger partial charge in [-0.25, -0.2) is 4.79 Å². The molecule has 2 fully saturated rings. The number of benzene rings is 1. The maximum Gasteiger partial charge on any atom is 0.348 e. The second-order valence-electron chi connectivity index (χ2n) is 10.1. The number of nitrogens with zero attached hydrogens (tertiary/aromatic N) is 3. The van der Waals surface area contributed by atoms with Crippen LogP contribution in [0.2, 0.25) is 0 Å². The fourth-order valence-electron chi connectivity index (χ4n) is 4.81. The maximum absolute atomic E-state index is 13.6. The van der Waals surface area contributed by atoms with Gasteiger partial charge in [-0.3, -0.25) is 9.59 Å². The van der Waals surface area contributed by atoms with Crippen molar-refractivity contribution in [1.29, 1.82) is 0 Å². The predicted octanol–water partition coefficient (Wildman–Crippen LogP) is 5.72. The van der Waals surface area contributed by atoms with Gasteiger partial charge in [-0.1, -0.05) is 19.1 Å². The number of aromatic carboxylic acids is 1. The molecular weight excluding hydrogens is 488 g/mol. The maximum atomic E-state index is 13.6. The van der Waals surface area contributed by atoms with Gasteiger partial charge < -0.3 is 15.3 Å². The van der Waals surface area contributed by atoms with Crippen LogP contribution in [0.1, 0.15) is 65.6 Å². The summed E-state index contributed by atoms with van der Waals surface area (Å²) < 4.78 is 0. The van der Waals surface area contributed by atoms with Crippen LogP contribution in [0, 0.1) is 17.8 Å². The standard InChI is InChI=1S/C28H30N4O4S/c1-17-4-8-20(9-5-17)27(34)32(16-18-6-7-18)23-15-24(37-25(23)28(35)36)19-10-12-21(13-11-19)30-26(33)22-3-2-14-29-31-22/h2-3,10-15,17-18,20H,4-9,16H2,1H3,(H,30,33)(H,35,36)/t17-,20-. The molecule has 0 saturated heterocycles. The zero-order chi connectivity index (χ0) is 25.9. The third kappa shape index (κ3) is 5.88. The van der Waals surface area contributed by atoms with Crippen molar-refractivity contribution in [1.82, 2.24) is 10.2 Å². The Labute approximate surface area is 219 Å². The molecule has 2 amide bonds. The first kappa shape index (κ1) is 25.1. The molecule has 0 aliphatic heterocycles. The molecule has 2 heterocycles. The van der Waals surface area contributed by atoms with Gasteiger partial charge in [-0.05, 0) is 86.3 Å². The molecule has 1 aromatic carbocycles. The lowest BCUT2D eigenvalue weighted by Gasteiger charge is -2.31. The molecule has 2 aliphatic rings. The summed E-state index contributed by atoms with van der Waals surface area (Å²) in [5.41, 5.74) is 2.13. The average molecular weight is 519 g/mol. The third-order valence-electron chi connectivity index (χ3n) is 7.20. The Bertz CT molecular complexity index is 1280. The number of aromatic nitrogens is 2. The van der Waals surface area contributed by atoms with Crippen molar-refractivity contribution in [3.05, 3.63) is 59.2 Å². The summed E-state index contributed by atoms with van der Waals surface area (Å²) in [4.78, 5) is 41.0. The van der Waals surface area contributed by atoms with Crippen LogP contribution in [0.5, 0.6) is 0 Å². The minimum atomic E-state index is -1.02. The summed E-state index contributed by atoms with van der Waals surface area (Å²) in [6, 6.07) is 12.3. The van der Waals surface area contributed by atoms with Crippen LogP contribution in [-0.4, -0.2) is 39.6 Å². The number of hydrogen-bond acceptors (Lipinski definition) is 6. The van der Waals surface area contributed by atoms with E-state index >= 15 is 0 Å². The minimum absolute atomic E-state index is 0.0443. The molecule has 0 spiro atoms. The molecule has 2 N–H and O–H groups in total. The van der Waals surface area contributed by atoms with Crippen molar-refractivity contribution in [2.75, 3.05) is 16.8 Å². The number of hydrogen-bond donors (Lipinski definition) is 2. The number of nitrogens with one attached hydrogen (secondary N) is 1. The number of carbonyl (C=O) groups is 3. The lowest BCUT2D eigenvalue weighted by atomic mass is 9.82. The SMILES string of the molecule is C[C@H]1CC[C@H](C(=O)N(CC2CC2)c2cc(-c3ccc(NC(=O)c4cccnn4)cc3)sc2C(=O)O)CC1. The second-order valence-corrected chi connectivity index (χ2v) is 11.2. The highest BCUT2D eigenvalue weighted by atomic mass is 32.1. The van der Waals surface area contributed by atoms with E-state index in [2.05, 4.69) is 22.4 Å². The van der Waals surface area contributed by atoms with Crippen LogP contribution < -0.4 is 10.2 Å². The summed E-state index contributed by atoms with van der Waals surface area (Å²) in [6.45, 7) is 2.80. The fourth-order valence-corrected chi connectivity index (χ4v) is 5.81. The highest BCUT2D eigenvalue weighted by Crippen LogP contribution is 2.41. The molecule has 2 aliphatic carbocycles. The zero-order valence-electron chi connectivity index (χ0n) is 20.7. The summed E-state index contributed by atoms with van der Waals surface area (Å²) in [7, 11) is 0. The van der Waals surface area contributed by atoms with Crippen LogP contribution in [-0.2, 0) is 4.79 Å². The Kier molecular flexibility index (Phi) is 7.32. The zero-order valence-corrected chi connectivity index (χ0v) is 21.5. The minimum Gasteiger partial charge on any atom is -0.477 e. The molecule has 2 aromatic heterocycles. The topological polar surface area (TPSA) is 112 Å². The highest BCUT2D eigenvalue weighted by Gasteiger charge is 2.35. The van der Waals surface area contributed by atoms with Gasteiger partial charge in [0, 0.05) is 29.2 Å². The van der Waals surface area contributed by atoms with Crippen LogP contribution in [0.25, 0.3) is 10.4 Å². The van der Waals surface area contributed by atoms with Crippen molar-refractivity contribution in [2.24, 2.45) is 17.8 Å². The molecule has 5 rings (SSSR count). The van der Waals surface area contributed by atoms with E-state index in [4.69, 9.17) is 0 Å². The molecule has 9 heteroatoms. The van der Waals surface area contributed by atoms with E-state index in [1.807, 2.05) is 18.2 Å². The Hall–Kier alpha value is -3.59. The van der Waals surface area contributed by atoms with Gasteiger partial charge in [-0.2, -0.15) is 5.10 Å². The number of thiophene rings is 1. The largest absolute Gasteiger partial charge is 0.477 e. The lowest BCUT2D eigenvalue weighted by Crippen LogP contribution is -2.39. The number of rotatable bonds is 8. The van der Waals surface area contributed by atoms with E-state index in [-0.39, 0.29) is 28.3 Å². The van der Waals surface area contributed by atoms with Gasteiger partial charge in [0.2, 0.25) is 5.91 Å². The van der Waals surface area contributed by atoms with Crippen molar-refractivity contribution >= 4 is 40.5 Å². The van der Waals surface area contributed by atoms with Crippen LogP contribution in [0.15, 0.2) is 48.7 Å². The lowest BCUT2D eigenvalue weighted by molar-refractivity contribution is -0.123. The molecule has 0 bridgehead atoms. The van der Waals surface area contributed by atoms with Crippen LogP contribution in [0.3, 0.4) is 0 Å². The van der Waals surface area contributed by atoms with Crippen LogP contribution in [0.4, 0.5) is 11.4 Å². The van der Waals surface area contributed by atoms with Gasteiger partial charge in [0.05, 0.1) is 5.69 Å². The Morgan fingerprint density at radius 1 is 1.05 bits per heavy atom. The molecule has 0 unspecified atom stereocenters. The summed E-state index contributed by atoms with van der Waals surface area (Å²) in [6.07, 6.45) is 7.45. The number of carbonyl (C=O) groups excluding carboxylic acids is 2. The first-order valence-corrected chi connectivity index (χ1v) is 13.6. The fraction of sp³-hybridized carbons (Fsp3) is 0.393. The van der Waals surface area contributed by atoms with E-state index in [0.717, 1.165) is 49.0 Å². The summed E-state index contributed by atoms with van der Waals surface area (Å²) >= 11 is 1.18. The summed E-state index contributed by atoms with van der Waals surface area (Å²) in [5, 5.41) is 20.3. The Morgan fingerprint density at radius 2 is 1.78 bits per heavy atom. The smallest absolute Gasteiger partial charge is 0.348 e. The van der Waals surface area contributed by atoms with E-state index in [0.29, 0.717) is 29.8 Å². The predicted molar refractivity (Wildman–Crippen MR) is 143 cm³/mol. The first-order chi connectivity index (χ1) is 17.9. The average Bonchev–Trinajstić information content (AvgIpc) is 3.63. The number of anilines is 2. The molecule has 2 saturated carbocycles.